The first-order valence-electron chi connectivity index (χ1n) is 6.28. The van der Waals surface area contributed by atoms with Gasteiger partial charge in [-0.1, -0.05) is 11.8 Å². The summed E-state index contributed by atoms with van der Waals surface area (Å²) in [5.41, 5.74) is 0.443. The second-order valence-electron chi connectivity index (χ2n) is 4.23. The predicted octanol–water partition coefficient (Wildman–Crippen LogP) is 1.32. The molecule has 108 valence electrons. The molecule has 1 amide bonds. The summed E-state index contributed by atoms with van der Waals surface area (Å²) in [7, 11) is 1.55. The summed E-state index contributed by atoms with van der Waals surface area (Å²) in [6.45, 7) is 2.11. The van der Waals surface area contributed by atoms with Gasteiger partial charge in [0.05, 0.1) is 18.3 Å². The molecule has 0 spiro atoms. The maximum absolute atomic E-state index is 13.7. The van der Waals surface area contributed by atoms with Crippen LogP contribution in [0.5, 0.6) is 0 Å². The number of hydrogen-bond acceptors (Lipinski definition) is 3. The smallest absolute Gasteiger partial charge is 0.251 e. The molecular weight excluding hydrogens is 261 g/mol. The third kappa shape index (κ3) is 5.00. The second-order valence-corrected chi connectivity index (χ2v) is 4.23. The minimum absolute atomic E-state index is 0.0627. The molecule has 0 aliphatic heterocycles. The highest BCUT2D eigenvalue weighted by Crippen LogP contribution is 2.09. The average Bonchev–Trinajstić information content (AvgIpc) is 2.46. The van der Waals surface area contributed by atoms with Crippen molar-refractivity contribution < 1.29 is 19.0 Å². The molecule has 1 atom stereocenters. The number of nitrogens with one attached hydrogen (secondary N) is 1. The van der Waals surface area contributed by atoms with Crippen molar-refractivity contribution in [1.82, 2.24) is 5.32 Å². The Morgan fingerprint density at radius 3 is 2.90 bits per heavy atom. The lowest BCUT2D eigenvalue weighted by Gasteiger charge is -2.10. The van der Waals surface area contributed by atoms with Gasteiger partial charge in [0, 0.05) is 25.6 Å². The van der Waals surface area contributed by atoms with E-state index in [1.54, 1.807) is 7.11 Å². The number of aliphatic hydroxyl groups is 1. The third-order valence-corrected chi connectivity index (χ3v) is 2.64. The molecule has 5 heteroatoms. The van der Waals surface area contributed by atoms with E-state index in [2.05, 4.69) is 17.2 Å². The summed E-state index contributed by atoms with van der Waals surface area (Å²) < 4.78 is 18.7. The Balaban J connectivity index is 2.72. The SMILES string of the molecule is COC(C)CNC(=O)c1ccc(C#CCCO)c(F)c1. The predicted molar refractivity (Wildman–Crippen MR) is 73.8 cm³/mol. The molecule has 0 radical (unpaired) electrons. The van der Waals surface area contributed by atoms with Gasteiger partial charge in [0.1, 0.15) is 5.82 Å². The number of methoxy groups -OCH3 is 1. The summed E-state index contributed by atoms with van der Waals surface area (Å²) in [4.78, 5) is 11.8. The number of hydrogen-bond donors (Lipinski definition) is 2. The van der Waals surface area contributed by atoms with Gasteiger partial charge in [-0.15, -0.1) is 0 Å². The van der Waals surface area contributed by atoms with Crippen molar-refractivity contribution in [2.45, 2.75) is 19.4 Å². The molecule has 0 heterocycles. The van der Waals surface area contributed by atoms with Gasteiger partial charge in [-0.2, -0.15) is 0 Å². The number of carbonyl (C=O) groups excluding carboxylic acids is 1. The molecule has 0 aliphatic carbocycles. The molecule has 1 aromatic carbocycles. The van der Waals surface area contributed by atoms with E-state index in [1.807, 2.05) is 6.92 Å². The number of ether oxygens (including phenoxy) is 1. The quantitative estimate of drug-likeness (QED) is 0.799. The summed E-state index contributed by atoms with van der Waals surface area (Å²) >= 11 is 0. The lowest BCUT2D eigenvalue weighted by Crippen LogP contribution is -2.31. The average molecular weight is 279 g/mol. The van der Waals surface area contributed by atoms with Gasteiger partial charge < -0.3 is 15.2 Å². The molecule has 0 saturated heterocycles. The minimum atomic E-state index is -0.553. The van der Waals surface area contributed by atoms with Crippen molar-refractivity contribution in [1.29, 1.82) is 0 Å². The van der Waals surface area contributed by atoms with E-state index in [1.165, 1.54) is 12.1 Å². The Bertz CT molecular complexity index is 520. The van der Waals surface area contributed by atoms with Gasteiger partial charge in [-0.05, 0) is 25.1 Å². The molecule has 0 bridgehead atoms. The Labute approximate surface area is 117 Å². The molecule has 20 heavy (non-hydrogen) atoms. The van der Waals surface area contributed by atoms with Crippen LogP contribution in [0, 0.1) is 17.7 Å². The zero-order valence-corrected chi connectivity index (χ0v) is 11.6. The van der Waals surface area contributed by atoms with Crippen molar-refractivity contribution in [3.05, 3.63) is 35.1 Å². The van der Waals surface area contributed by atoms with Gasteiger partial charge >= 0.3 is 0 Å². The van der Waals surface area contributed by atoms with Crippen LogP contribution in [-0.4, -0.2) is 37.4 Å². The molecule has 4 nitrogen and oxygen atoms in total. The normalized spacial score (nSPS) is 11.4. The van der Waals surface area contributed by atoms with E-state index in [4.69, 9.17) is 9.84 Å². The summed E-state index contributed by atoms with van der Waals surface area (Å²) in [5, 5.41) is 11.2. The van der Waals surface area contributed by atoms with Gasteiger partial charge in [-0.3, -0.25) is 4.79 Å². The molecule has 0 aliphatic rings. The number of benzene rings is 1. The van der Waals surface area contributed by atoms with Gasteiger partial charge in [0.2, 0.25) is 0 Å². The minimum Gasteiger partial charge on any atom is -0.395 e. The number of rotatable bonds is 5. The van der Waals surface area contributed by atoms with Crippen molar-refractivity contribution in [3.63, 3.8) is 0 Å². The fourth-order valence-electron chi connectivity index (χ4n) is 1.39. The summed E-state index contributed by atoms with van der Waals surface area (Å²) in [5.74, 6) is 4.32. The monoisotopic (exact) mass is 279 g/mol. The highest BCUT2D eigenvalue weighted by atomic mass is 19.1. The van der Waals surface area contributed by atoms with Crippen LogP contribution in [0.25, 0.3) is 0 Å². The molecule has 1 unspecified atom stereocenters. The van der Waals surface area contributed by atoms with Crippen LogP contribution in [0.15, 0.2) is 18.2 Å². The van der Waals surface area contributed by atoms with Crippen LogP contribution in [0.1, 0.15) is 29.3 Å². The number of halogens is 1. The van der Waals surface area contributed by atoms with E-state index < -0.39 is 5.82 Å². The molecule has 0 saturated carbocycles. The summed E-state index contributed by atoms with van der Waals surface area (Å²) in [6.07, 6.45) is 0.184. The van der Waals surface area contributed by atoms with Crippen LogP contribution in [-0.2, 0) is 4.74 Å². The Hall–Kier alpha value is -1.90. The van der Waals surface area contributed by atoms with Crippen LogP contribution in [0.2, 0.25) is 0 Å². The van der Waals surface area contributed by atoms with Gasteiger partial charge in [0.25, 0.3) is 5.91 Å². The first-order valence-corrected chi connectivity index (χ1v) is 6.28. The Morgan fingerprint density at radius 1 is 1.55 bits per heavy atom. The Kier molecular flexibility index (Phi) is 6.71. The van der Waals surface area contributed by atoms with E-state index in [0.29, 0.717) is 6.54 Å². The van der Waals surface area contributed by atoms with Gasteiger partial charge in [-0.25, -0.2) is 4.39 Å². The number of amides is 1. The zero-order chi connectivity index (χ0) is 15.0. The first-order chi connectivity index (χ1) is 9.58. The molecule has 0 aromatic heterocycles. The van der Waals surface area contributed by atoms with Crippen molar-refractivity contribution in [3.8, 4) is 11.8 Å². The standard InChI is InChI=1S/C15H18FNO3/c1-11(20-2)10-17-15(19)13-7-6-12(14(16)9-13)5-3-4-8-18/h6-7,9,11,18H,4,8,10H2,1-2H3,(H,17,19). The number of carbonyl (C=O) groups is 1. The van der Waals surface area contributed by atoms with E-state index >= 15 is 0 Å². The third-order valence-electron chi connectivity index (χ3n) is 2.64. The van der Waals surface area contributed by atoms with Crippen LogP contribution in [0.4, 0.5) is 4.39 Å². The lowest BCUT2D eigenvalue weighted by atomic mass is 10.1. The lowest BCUT2D eigenvalue weighted by molar-refractivity contribution is 0.0870. The van der Waals surface area contributed by atoms with Crippen LogP contribution in [0.3, 0.4) is 0 Å². The molecule has 2 N–H and O–H groups in total. The second kappa shape index (κ2) is 8.31. The fourth-order valence-corrected chi connectivity index (χ4v) is 1.39. The van der Waals surface area contributed by atoms with E-state index in [0.717, 1.165) is 6.07 Å². The van der Waals surface area contributed by atoms with Crippen molar-refractivity contribution >= 4 is 5.91 Å². The molecular formula is C15H18FNO3. The van der Waals surface area contributed by atoms with Crippen molar-refractivity contribution in [2.24, 2.45) is 0 Å². The first kappa shape index (κ1) is 16.2. The maximum atomic E-state index is 13.7. The largest absolute Gasteiger partial charge is 0.395 e. The van der Waals surface area contributed by atoms with Crippen LogP contribution >= 0.6 is 0 Å². The highest BCUT2D eigenvalue weighted by molar-refractivity contribution is 5.94. The Morgan fingerprint density at radius 2 is 2.30 bits per heavy atom. The molecule has 1 aromatic rings. The number of aliphatic hydroxyl groups excluding tert-OH is 1. The van der Waals surface area contributed by atoms with Gasteiger partial charge in [0.15, 0.2) is 0 Å². The summed E-state index contributed by atoms with van der Waals surface area (Å²) in [6, 6.07) is 4.11. The maximum Gasteiger partial charge on any atom is 0.251 e. The van der Waals surface area contributed by atoms with Crippen molar-refractivity contribution in [2.75, 3.05) is 20.3 Å². The van der Waals surface area contributed by atoms with E-state index in [-0.39, 0.29) is 36.2 Å². The highest BCUT2D eigenvalue weighted by Gasteiger charge is 2.09. The topological polar surface area (TPSA) is 58.6 Å². The van der Waals surface area contributed by atoms with Crippen LogP contribution < -0.4 is 5.32 Å². The molecule has 0 fully saturated rings. The molecule has 1 rings (SSSR count). The van der Waals surface area contributed by atoms with E-state index in [9.17, 15) is 9.18 Å². The fraction of sp³-hybridized carbons (Fsp3) is 0.400. The zero-order valence-electron chi connectivity index (χ0n) is 11.6.